The van der Waals surface area contributed by atoms with Gasteiger partial charge in [-0.3, -0.25) is 0 Å². The van der Waals surface area contributed by atoms with Crippen LogP contribution >= 0.6 is 0 Å². The summed E-state index contributed by atoms with van der Waals surface area (Å²) < 4.78 is 5.36. The topological polar surface area (TPSA) is 12.5 Å². The fraction of sp³-hybridized carbons (Fsp3) is 1.00. The third-order valence-electron chi connectivity index (χ3n) is 1.35. The van der Waals surface area contributed by atoms with Crippen LogP contribution in [0.1, 0.15) is 26.2 Å². The van der Waals surface area contributed by atoms with Gasteiger partial charge in [0, 0.05) is 14.1 Å². The van der Waals surface area contributed by atoms with Crippen LogP contribution in [0.4, 0.5) is 0 Å². The lowest BCUT2D eigenvalue weighted by molar-refractivity contribution is -0.000427. The number of rotatable bonds is 6. The van der Waals surface area contributed by atoms with Crippen molar-refractivity contribution < 1.29 is 4.53 Å². The van der Waals surface area contributed by atoms with Crippen molar-refractivity contribution in [3.8, 4) is 0 Å². The lowest BCUT2D eigenvalue weighted by Gasteiger charge is -2.09. The summed E-state index contributed by atoms with van der Waals surface area (Å²) in [6, 6.07) is 1.33. The minimum Gasteiger partial charge on any atom is -0.351 e. The maximum atomic E-state index is 5.36. The van der Waals surface area contributed by atoms with Gasteiger partial charge in [0.1, 0.15) is 0 Å². The molecule has 0 bridgehead atoms. The zero-order valence-corrected chi connectivity index (χ0v) is 8.81. The summed E-state index contributed by atoms with van der Waals surface area (Å²) >= 11 is 0. The summed E-state index contributed by atoms with van der Waals surface area (Å²) in [4.78, 5) is 0. The lowest BCUT2D eigenvalue weighted by Crippen LogP contribution is -2.15. The van der Waals surface area contributed by atoms with Gasteiger partial charge in [-0.15, -0.1) is 0 Å². The average Bonchev–Trinajstić information content (AvgIpc) is 1.87. The Morgan fingerprint density at radius 1 is 1.30 bits per heavy atom. The number of unbranched alkanes of at least 4 members (excludes halogenated alkanes) is 2. The molecule has 0 N–H and O–H groups in total. The molecule has 3 heteroatoms. The molecule has 0 fully saturated rings. The van der Waals surface area contributed by atoms with Crippen LogP contribution in [0.5, 0.6) is 0 Å². The Morgan fingerprint density at radius 2 is 2.00 bits per heavy atom. The van der Waals surface area contributed by atoms with Crippen LogP contribution in [0.15, 0.2) is 0 Å². The Balaban J connectivity index is 2.77. The van der Waals surface area contributed by atoms with Crippen LogP contribution < -0.4 is 0 Å². The number of hydrogen-bond acceptors (Lipinski definition) is 2. The molecule has 0 aromatic heterocycles. The van der Waals surface area contributed by atoms with Gasteiger partial charge in [0.05, 0.1) is 0 Å². The van der Waals surface area contributed by atoms with E-state index in [4.69, 9.17) is 4.53 Å². The molecule has 0 rings (SSSR count). The molecular weight excluding hydrogens is 142 g/mol. The molecule has 0 radical (unpaired) electrons. The summed E-state index contributed by atoms with van der Waals surface area (Å²) in [6.07, 6.45) is 4.04. The molecule has 0 spiro atoms. The monoisotopic (exact) mass is 161 g/mol. The molecule has 0 saturated heterocycles. The predicted molar refractivity (Wildman–Crippen MR) is 47.6 cm³/mol. The first-order chi connectivity index (χ1) is 4.77. The van der Waals surface area contributed by atoms with Crippen LogP contribution in [-0.4, -0.2) is 28.9 Å². The Labute approximate surface area is 66.5 Å². The van der Waals surface area contributed by atoms with Gasteiger partial charge in [-0.25, -0.2) is 5.06 Å². The molecule has 0 saturated carbocycles. The molecule has 0 aliphatic rings. The molecule has 62 valence electrons. The van der Waals surface area contributed by atoms with E-state index in [1.807, 2.05) is 19.2 Å². The Morgan fingerprint density at radius 3 is 2.50 bits per heavy atom. The van der Waals surface area contributed by atoms with Crippen molar-refractivity contribution in [3.05, 3.63) is 0 Å². The van der Waals surface area contributed by atoms with Gasteiger partial charge < -0.3 is 4.53 Å². The Hall–Kier alpha value is 0.137. The van der Waals surface area contributed by atoms with Crippen LogP contribution in [0.2, 0.25) is 6.04 Å². The highest BCUT2D eigenvalue weighted by Crippen LogP contribution is 1.98. The average molecular weight is 161 g/mol. The van der Waals surface area contributed by atoms with E-state index < -0.39 is 0 Å². The van der Waals surface area contributed by atoms with Gasteiger partial charge in [-0.2, -0.15) is 0 Å². The smallest absolute Gasteiger partial charge is 0.190 e. The van der Waals surface area contributed by atoms with Gasteiger partial charge in [0.15, 0.2) is 9.76 Å². The van der Waals surface area contributed by atoms with E-state index in [9.17, 15) is 0 Å². The maximum Gasteiger partial charge on any atom is 0.190 e. The quantitative estimate of drug-likeness (QED) is 0.329. The van der Waals surface area contributed by atoms with Crippen LogP contribution in [0.3, 0.4) is 0 Å². The molecule has 0 unspecified atom stereocenters. The fourth-order valence-electron chi connectivity index (χ4n) is 0.776. The zero-order valence-electron chi connectivity index (χ0n) is 7.39. The highest BCUT2D eigenvalue weighted by Gasteiger charge is 1.90. The van der Waals surface area contributed by atoms with E-state index in [-0.39, 0.29) is 9.76 Å². The second-order valence-electron chi connectivity index (χ2n) is 2.71. The standard InChI is InChI=1S/C7H19NOSi/c1-4-5-6-7-10-9-8(2)3/h4-7,10H2,1-3H3. The number of hydrogen-bond donors (Lipinski definition) is 0. The molecule has 0 atom stereocenters. The minimum atomic E-state index is -0.231. The van der Waals surface area contributed by atoms with Crippen molar-refractivity contribution in [1.29, 1.82) is 0 Å². The summed E-state index contributed by atoms with van der Waals surface area (Å²) in [5.41, 5.74) is 0. The van der Waals surface area contributed by atoms with Crippen molar-refractivity contribution in [2.75, 3.05) is 14.1 Å². The molecule has 0 aliphatic heterocycles. The normalized spacial score (nSPS) is 12.0. The molecule has 0 amide bonds. The van der Waals surface area contributed by atoms with Crippen molar-refractivity contribution in [3.63, 3.8) is 0 Å². The van der Waals surface area contributed by atoms with Crippen LogP contribution in [0.25, 0.3) is 0 Å². The largest absolute Gasteiger partial charge is 0.351 e. The van der Waals surface area contributed by atoms with Crippen molar-refractivity contribution in [2.24, 2.45) is 0 Å². The molecule has 10 heavy (non-hydrogen) atoms. The van der Waals surface area contributed by atoms with E-state index in [1.165, 1.54) is 25.3 Å². The van der Waals surface area contributed by atoms with Gasteiger partial charge in [0.25, 0.3) is 0 Å². The third-order valence-corrected chi connectivity index (χ3v) is 2.84. The summed E-state index contributed by atoms with van der Waals surface area (Å²) in [6.45, 7) is 2.23. The number of nitrogens with zero attached hydrogens (tertiary/aromatic N) is 1. The first kappa shape index (κ1) is 10.1. The van der Waals surface area contributed by atoms with E-state index in [1.54, 1.807) is 0 Å². The van der Waals surface area contributed by atoms with E-state index in [0.717, 1.165) is 0 Å². The highest BCUT2D eigenvalue weighted by atomic mass is 28.2. The van der Waals surface area contributed by atoms with Crippen molar-refractivity contribution in [1.82, 2.24) is 5.06 Å². The van der Waals surface area contributed by atoms with Crippen molar-refractivity contribution >= 4 is 9.76 Å². The molecular formula is C7H19NOSi. The number of hydroxylamine groups is 2. The fourth-order valence-corrected chi connectivity index (χ4v) is 1.83. The minimum absolute atomic E-state index is 0.231. The van der Waals surface area contributed by atoms with Crippen LogP contribution in [-0.2, 0) is 4.53 Å². The van der Waals surface area contributed by atoms with Crippen LogP contribution in [0, 0.1) is 0 Å². The third kappa shape index (κ3) is 8.14. The Kier molecular flexibility index (Phi) is 7.35. The lowest BCUT2D eigenvalue weighted by atomic mass is 10.3. The molecule has 0 aliphatic carbocycles. The summed E-state index contributed by atoms with van der Waals surface area (Å²) in [5, 5.41) is 1.82. The highest BCUT2D eigenvalue weighted by molar-refractivity contribution is 6.26. The zero-order chi connectivity index (χ0) is 7.82. The van der Waals surface area contributed by atoms with Gasteiger partial charge >= 0.3 is 0 Å². The maximum absolute atomic E-state index is 5.36. The van der Waals surface area contributed by atoms with Gasteiger partial charge in [0.2, 0.25) is 0 Å². The van der Waals surface area contributed by atoms with E-state index >= 15 is 0 Å². The SMILES string of the molecule is CCCCC[SiH2]ON(C)C. The predicted octanol–water partition coefficient (Wildman–Crippen LogP) is 1.17. The first-order valence-electron chi connectivity index (χ1n) is 4.07. The first-order valence-corrected chi connectivity index (χ1v) is 5.65. The second-order valence-corrected chi connectivity index (χ2v) is 4.08. The van der Waals surface area contributed by atoms with E-state index in [2.05, 4.69) is 6.92 Å². The molecule has 0 heterocycles. The van der Waals surface area contributed by atoms with Gasteiger partial charge in [-0.05, 0) is 6.04 Å². The van der Waals surface area contributed by atoms with Gasteiger partial charge in [-0.1, -0.05) is 26.2 Å². The molecule has 0 aromatic rings. The Bertz CT molecular complexity index is 68.6. The van der Waals surface area contributed by atoms with Crippen molar-refractivity contribution in [2.45, 2.75) is 32.2 Å². The summed E-state index contributed by atoms with van der Waals surface area (Å²) in [5.74, 6) is 0. The summed E-state index contributed by atoms with van der Waals surface area (Å²) in [7, 11) is 3.67. The molecule has 0 aromatic carbocycles. The van der Waals surface area contributed by atoms with E-state index in [0.29, 0.717) is 0 Å². The molecule has 2 nitrogen and oxygen atoms in total. The second kappa shape index (κ2) is 7.25.